The summed E-state index contributed by atoms with van der Waals surface area (Å²) in [5, 5.41) is 42.0. The van der Waals surface area contributed by atoms with Crippen LogP contribution in [0.2, 0.25) is 0 Å². The van der Waals surface area contributed by atoms with Crippen molar-refractivity contribution < 1.29 is 44.2 Å². The number of hydrogen-bond donors (Lipinski definition) is 5. The van der Waals surface area contributed by atoms with E-state index in [0.717, 1.165) is 0 Å². The van der Waals surface area contributed by atoms with Crippen LogP contribution in [0.5, 0.6) is 5.75 Å². The molecule has 0 saturated carbocycles. The van der Waals surface area contributed by atoms with Crippen LogP contribution >= 0.6 is 0 Å². The molecule has 1 saturated heterocycles. The van der Waals surface area contributed by atoms with E-state index in [1.54, 1.807) is 12.1 Å². The molecule has 10 nitrogen and oxygen atoms in total. The lowest BCUT2D eigenvalue weighted by atomic mass is 9.99. The summed E-state index contributed by atoms with van der Waals surface area (Å²) in [4.78, 5) is 22.2. The molecule has 1 aliphatic rings. The van der Waals surface area contributed by atoms with Gasteiger partial charge in [0, 0.05) is 13.0 Å². The Morgan fingerprint density at radius 3 is 2.43 bits per heavy atom. The van der Waals surface area contributed by atoms with E-state index in [2.05, 4.69) is 5.32 Å². The smallest absolute Gasteiger partial charge is 0.335 e. The van der Waals surface area contributed by atoms with Crippen LogP contribution in [0.1, 0.15) is 26.3 Å². The van der Waals surface area contributed by atoms with Crippen molar-refractivity contribution in [2.45, 2.75) is 64.1 Å². The van der Waals surface area contributed by atoms with Crippen molar-refractivity contribution in [3.05, 3.63) is 23.8 Å². The fourth-order valence-electron chi connectivity index (χ4n) is 2.65. The first kappa shape index (κ1) is 21.9. The number of aliphatic carboxylic acids is 1. The minimum atomic E-state index is -1.80. The summed E-state index contributed by atoms with van der Waals surface area (Å²) in [6.07, 6.45) is -8.51. The van der Waals surface area contributed by atoms with Crippen LogP contribution in [0.15, 0.2) is 18.2 Å². The first-order chi connectivity index (χ1) is 13.1. The monoisotopic (exact) mass is 399 g/mol. The van der Waals surface area contributed by atoms with Gasteiger partial charge in [-0.1, -0.05) is 6.07 Å². The molecule has 5 N–H and O–H groups in total. The van der Waals surface area contributed by atoms with Crippen molar-refractivity contribution in [3.8, 4) is 5.75 Å². The molecule has 0 unspecified atom stereocenters. The fourth-order valence-corrected chi connectivity index (χ4v) is 2.65. The molecule has 0 aromatic heterocycles. The number of carbonyl (C=O) groups is 2. The lowest BCUT2D eigenvalue weighted by molar-refractivity contribution is -0.271. The highest BCUT2D eigenvalue weighted by Gasteiger charge is 2.48. The fraction of sp³-hybridized carbons (Fsp3) is 0.556. The first-order valence-electron chi connectivity index (χ1n) is 8.72. The van der Waals surface area contributed by atoms with Crippen LogP contribution in [0, 0.1) is 0 Å². The molecule has 1 heterocycles. The average Bonchev–Trinajstić information content (AvgIpc) is 2.61. The number of carboxylic acids is 1. The van der Waals surface area contributed by atoms with E-state index in [9.17, 15) is 24.9 Å². The van der Waals surface area contributed by atoms with Crippen molar-refractivity contribution >= 4 is 17.6 Å². The largest absolute Gasteiger partial charge is 0.479 e. The minimum Gasteiger partial charge on any atom is -0.479 e. The number of carboxylic acid groups (broad SMARTS) is 1. The number of benzene rings is 1. The lowest BCUT2D eigenvalue weighted by Gasteiger charge is -2.38. The molecule has 0 spiro atoms. The summed E-state index contributed by atoms with van der Waals surface area (Å²) in [5.41, 5.74) is 1.16. The molecule has 10 heteroatoms. The molecule has 156 valence electrons. The second kappa shape index (κ2) is 9.20. The third kappa shape index (κ3) is 5.32. The number of esters is 1. The highest BCUT2D eigenvalue weighted by Crippen LogP contribution is 2.31. The van der Waals surface area contributed by atoms with Gasteiger partial charge in [0.1, 0.15) is 30.7 Å². The summed E-state index contributed by atoms with van der Waals surface area (Å²) in [7, 11) is 0. The van der Waals surface area contributed by atoms with Gasteiger partial charge in [-0.05, 0) is 31.5 Å². The molecular formula is C18H25NO9. The minimum absolute atomic E-state index is 0.00250. The molecule has 0 aliphatic carbocycles. The van der Waals surface area contributed by atoms with E-state index >= 15 is 0 Å². The Bertz CT molecular complexity index is 708. The molecule has 0 amide bonds. The zero-order valence-electron chi connectivity index (χ0n) is 15.7. The Balaban J connectivity index is 2.25. The van der Waals surface area contributed by atoms with Gasteiger partial charge in [-0.2, -0.15) is 0 Å². The van der Waals surface area contributed by atoms with Gasteiger partial charge in [0.25, 0.3) is 0 Å². The van der Waals surface area contributed by atoms with E-state index in [1.807, 2.05) is 13.8 Å². The number of aliphatic hydroxyl groups is 3. The molecule has 1 aliphatic heterocycles. The second-order valence-electron chi connectivity index (χ2n) is 6.76. The van der Waals surface area contributed by atoms with Crippen molar-refractivity contribution in [1.82, 2.24) is 0 Å². The Kier molecular flexibility index (Phi) is 7.19. The topological polar surface area (TPSA) is 155 Å². The Morgan fingerprint density at radius 1 is 1.18 bits per heavy atom. The standard InChI is InChI=1S/C18H25NO9/c1-8(2)19-11-6-10(7-26-9(3)20)4-5-12(11)27-18-15(23)13(21)14(22)16(28-18)17(24)25/h4-6,8,13-16,18-19,21-23H,7H2,1-3H3,(H,24,25)/t13-,14-,15+,16-,18+/m0/s1. The third-order valence-corrected chi connectivity index (χ3v) is 3.99. The van der Waals surface area contributed by atoms with Gasteiger partial charge in [0.15, 0.2) is 6.10 Å². The van der Waals surface area contributed by atoms with Crippen LogP contribution in [0.25, 0.3) is 0 Å². The second-order valence-corrected chi connectivity index (χ2v) is 6.76. The van der Waals surface area contributed by atoms with Gasteiger partial charge < -0.3 is 40.0 Å². The number of ether oxygens (including phenoxy) is 3. The highest BCUT2D eigenvalue weighted by atomic mass is 16.7. The molecule has 0 radical (unpaired) electrons. The van der Waals surface area contributed by atoms with Crippen molar-refractivity contribution in [2.75, 3.05) is 5.32 Å². The summed E-state index contributed by atoms with van der Waals surface area (Å²) < 4.78 is 15.7. The summed E-state index contributed by atoms with van der Waals surface area (Å²) in [6, 6.07) is 4.84. The zero-order valence-corrected chi connectivity index (χ0v) is 15.7. The normalized spacial score (nSPS) is 27.3. The number of nitrogens with one attached hydrogen (secondary N) is 1. The summed E-state index contributed by atoms with van der Waals surface area (Å²) >= 11 is 0. The maximum absolute atomic E-state index is 11.2. The van der Waals surface area contributed by atoms with E-state index in [1.165, 1.54) is 13.0 Å². The van der Waals surface area contributed by atoms with Gasteiger partial charge in [0.2, 0.25) is 6.29 Å². The van der Waals surface area contributed by atoms with Gasteiger partial charge in [-0.15, -0.1) is 0 Å². The van der Waals surface area contributed by atoms with E-state index in [-0.39, 0.29) is 18.4 Å². The summed E-state index contributed by atoms with van der Waals surface area (Å²) in [6.45, 7) is 5.12. The molecule has 1 aromatic carbocycles. The van der Waals surface area contributed by atoms with Gasteiger partial charge >= 0.3 is 11.9 Å². The quantitative estimate of drug-likeness (QED) is 0.391. The van der Waals surface area contributed by atoms with Gasteiger partial charge in [-0.25, -0.2) is 4.79 Å². The van der Waals surface area contributed by atoms with E-state index in [4.69, 9.17) is 19.3 Å². The maximum Gasteiger partial charge on any atom is 0.335 e. The molecule has 5 atom stereocenters. The van der Waals surface area contributed by atoms with Crippen molar-refractivity contribution in [2.24, 2.45) is 0 Å². The zero-order chi connectivity index (χ0) is 21.0. The lowest BCUT2D eigenvalue weighted by Crippen LogP contribution is -2.61. The van der Waals surface area contributed by atoms with Crippen LogP contribution in [0.4, 0.5) is 5.69 Å². The Labute approximate surface area is 161 Å². The van der Waals surface area contributed by atoms with Crippen LogP contribution < -0.4 is 10.1 Å². The number of hydrogen-bond acceptors (Lipinski definition) is 9. The Hall–Kier alpha value is -2.40. The van der Waals surface area contributed by atoms with Crippen molar-refractivity contribution in [3.63, 3.8) is 0 Å². The molecule has 1 fully saturated rings. The Morgan fingerprint density at radius 2 is 1.86 bits per heavy atom. The van der Waals surface area contributed by atoms with Crippen LogP contribution in [-0.4, -0.2) is 69.1 Å². The molecule has 28 heavy (non-hydrogen) atoms. The first-order valence-corrected chi connectivity index (χ1v) is 8.72. The van der Waals surface area contributed by atoms with E-state index in [0.29, 0.717) is 11.3 Å². The van der Waals surface area contributed by atoms with Crippen LogP contribution in [0.3, 0.4) is 0 Å². The average molecular weight is 399 g/mol. The number of anilines is 1. The highest BCUT2D eigenvalue weighted by molar-refractivity contribution is 5.73. The van der Waals surface area contributed by atoms with Gasteiger partial charge in [0.05, 0.1) is 5.69 Å². The molecule has 1 aromatic rings. The van der Waals surface area contributed by atoms with Crippen molar-refractivity contribution in [1.29, 1.82) is 0 Å². The van der Waals surface area contributed by atoms with Gasteiger partial charge in [-0.3, -0.25) is 4.79 Å². The third-order valence-electron chi connectivity index (χ3n) is 3.99. The molecular weight excluding hydrogens is 374 g/mol. The molecule has 0 bridgehead atoms. The number of rotatable bonds is 7. The van der Waals surface area contributed by atoms with Crippen LogP contribution in [-0.2, 0) is 25.7 Å². The predicted octanol–water partition coefficient (Wildman–Crippen LogP) is -0.159. The maximum atomic E-state index is 11.2. The number of aliphatic hydroxyl groups excluding tert-OH is 3. The SMILES string of the molecule is CC(=O)OCc1ccc(O[C@@H]2O[C@H](C(=O)O)[C@@H](O)[C@H](O)[C@H]2O)c(NC(C)C)c1. The molecule has 2 rings (SSSR count). The predicted molar refractivity (Wildman–Crippen MR) is 95.6 cm³/mol. The van der Waals surface area contributed by atoms with E-state index < -0.39 is 42.6 Å². The number of carbonyl (C=O) groups excluding carboxylic acids is 1. The summed E-state index contributed by atoms with van der Waals surface area (Å²) in [5.74, 6) is -1.70.